The van der Waals surface area contributed by atoms with Gasteiger partial charge in [0.25, 0.3) is 5.91 Å². The van der Waals surface area contributed by atoms with Crippen molar-refractivity contribution in [3.8, 4) is 0 Å². The van der Waals surface area contributed by atoms with E-state index in [9.17, 15) is 9.59 Å². The Balaban J connectivity index is 2.20. The maximum absolute atomic E-state index is 12.2. The molecule has 0 aliphatic carbocycles. The fourth-order valence-corrected chi connectivity index (χ4v) is 2.25. The normalized spacial score (nSPS) is 24.7. The molecule has 2 heterocycles. The summed E-state index contributed by atoms with van der Waals surface area (Å²) in [5.41, 5.74) is -0.0126. The van der Waals surface area contributed by atoms with Crippen molar-refractivity contribution >= 4 is 5.91 Å². The van der Waals surface area contributed by atoms with Crippen LogP contribution in [0.25, 0.3) is 0 Å². The van der Waals surface area contributed by atoms with Crippen molar-refractivity contribution in [3.63, 3.8) is 0 Å². The lowest BCUT2D eigenvalue weighted by molar-refractivity contribution is 0.0672. The number of hydrogen-bond donors (Lipinski definition) is 2. The maximum atomic E-state index is 12.2. The number of aromatic amines is 1. The number of amides is 1. The molecule has 0 spiro atoms. The molecule has 5 nitrogen and oxygen atoms in total. The molecule has 92 valence electrons. The number of nitrogens with zero attached hydrogens (tertiary/aromatic N) is 1. The van der Waals surface area contributed by atoms with Crippen molar-refractivity contribution in [2.75, 3.05) is 13.1 Å². The number of carbonyl (C=O) groups excluding carboxylic acids is 1. The second-order valence-corrected chi connectivity index (χ2v) is 4.60. The SMILES string of the molecule is CC1CN(C(=O)c2c[nH]ccc2=O)CC(C)N1. The lowest BCUT2D eigenvalue weighted by Gasteiger charge is -2.36. The van der Waals surface area contributed by atoms with Crippen LogP contribution in [0.2, 0.25) is 0 Å². The lowest BCUT2D eigenvalue weighted by Crippen LogP contribution is -2.56. The Morgan fingerprint density at radius 2 is 2.00 bits per heavy atom. The highest BCUT2D eigenvalue weighted by atomic mass is 16.2. The van der Waals surface area contributed by atoms with Gasteiger partial charge in [0.15, 0.2) is 5.43 Å². The van der Waals surface area contributed by atoms with Crippen LogP contribution in [0.1, 0.15) is 24.2 Å². The van der Waals surface area contributed by atoms with E-state index in [-0.39, 0.29) is 29.0 Å². The molecule has 0 radical (unpaired) electrons. The van der Waals surface area contributed by atoms with E-state index < -0.39 is 0 Å². The number of nitrogens with one attached hydrogen (secondary N) is 2. The molecule has 1 aliphatic rings. The first-order valence-corrected chi connectivity index (χ1v) is 5.80. The molecule has 5 heteroatoms. The van der Waals surface area contributed by atoms with Gasteiger partial charge in [-0.1, -0.05) is 0 Å². The van der Waals surface area contributed by atoms with Crippen LogP contribution in [0, 0.1) is 0 Å². The summed E-state index contributed by atoms with van der Waals surface area (Å²) in [5, 5.41) is 3.35. The molecule has 2 unspecified atom stereocenters. The van der Waals surface area contributed by atoms with E-state index in [1.54, 1.807) is 4.90 Å². The molecule has 0 saturated carbocycles. The van der Waals surface area contributed by atoms with Gasteiger partial charge in [-0.3, -0.25) is 9.59 Å². The van der Waals surface area contributed by atoms with Crippen LogP contribution in [-0.2, 0) is 0 Å². The van der Waals surface area contributed by atoms with Crippen molar-refractivity contribution in [1.29, 1.82) is 0 Å². The fraction of sp³-hybridized carbons (Fsp3) is 0.500. The maximum Gasteiger partial charge on any atom is 0.259 e. The first-order chi connectivity index (χ1) is 8.08. The summed E-state index contributed by atoms with van der Waals surface area (Å²) < 4.78 is 0. The van der Waals surface area contributed by atoms with E-state index in [1.165, 1.54) is 18.5 Å². The highest BCUT2D eigenvalue weighted by Crippen LogP contribution is 2.07. The molecule has 0 aromatic carbocycles. The first kappa shape index (κ1) is 11.9. The van der Waals surface area contributed by atoms with E-state index in [0.717, 1.165) is 0 Å². The van der Waals surface area contributed by atoms with Crippen molar-refractivity contribution in [1.82, 2.24) is 15.2 Å². The van der Waals surface area contributed by atoms with Gasteiger partial charge in [-0.05, 0) is 13.8 Å². The van der Waals surface area contributed by atoms with Gasteiger partial charge < -0.3 is 15.2 Å². The third kappa shape index (κ3) is 2.55. The minimum absolute atomic E-state index is 0.188. The molecule has 2 N–H and O–H groups in total. The van der Waals surface area contributed by atoms with E-state index in [1.807, 2.05) is 13.8 Å². The number of hydrogen-bond acceptors (Lipinski definition) is 3. The first-order valence-electron chi connectivity index (χ1n) is 5.80. The van der Waals surface area contributed by atoms with Crippen molar-refractivity contribution in [2.24, 2.45) is 0 Å². The van der Waals surface area contributed by atoms with E-state index >= 15 is 0 Å². The summed E-state index contributed by atoms with van der Waals surface area (Å²) in [5.74, 6) is -0.188. The molecule has 1 aromatic rings. The molecular weight excluding hydrogens is 218 g/mol. The Morgan fingerprint density at radius 3 is 2.59 bits per heavy atom. The quantitative estimate of drug-likeness (QED) is 0.730. The van der Waals surface area contributed by atoms with E-state index in [2.05, 4.69) is 10.3 Å². The smallest absolute Gasteiger partial charge is 0.259 e. The molecule has 2 atom stereocenters. The van der Waals surface area contributed by atoms with Crippen LogP contribution < -0.4 is 10.7 Å². The van der Waals surface area contributed by atoms with Crippen LogP contribution in [0.5, 0.6) is 0 Å². The lowest BCUT2D eigenvalue weighted by atomic mass is 10.1. The van der Waals surface area contributed by atoms with Gasteiger partial charge in [0.1, 0.15) is 5.56 Å². The Hall–Kier alpha value is -1.62. The van der Waals surface area contributed by atoms with Crippen LogP contribution in [0.3, 0.4) is 0 Å². The second kappa shape index (κ2) is 4.71. The fourth-order valence-electron chi connectivity index (χ4n) is 2.25. The number of pyridine rings is 1. The van der Waals surface area contributed by atoms with Gasteiger partial charge in [0.2, 0.25) is 0 Å². The molecule has 17 heavy (non-hydrogen) atoms. The molecule has 2 rings (SSSR count). The summed E-state index contributed by atoms with van der Waals surface area (Å²) >= 11 is 0. The topological polar surface area (TPSA) is 65.2 Å². The standard InChI is InChI=1S/C12H17N3O2/c1-8-6-15(7-9(2)14-8)12(17)10-5-13-4-3-11(10)16/h3-5,8-9,14H,6-7H2,1-2H3,(H,13,16). The van der Waals surface area contributed by atoms with Crippen LogP contribution in [-0.4, -0.2) is 41.0 Å². The zero-order valence-corrected chi connectivity index (χ0v) is 10.1. The number of H-pyrrole nitrogens is 1. The summed E-state index contributed by atoms with van der Waals surface area (Å²) in [6, 6.07) is 1.89. The predicted molar refractivity (Wildman–Crippen MR) is 65.0 cm³/mol. The van der Waals surface area contributed by atoms with Gasteiger partial charge in [-0.2, -0.15) is 0 Å². The van der Waals surface area contributed by atoms with Gasteiger partial charge >= 0.3 is 0 Å². The molecular formula is C12H17N3O2. The third-order valence-electron chi connectivity index (χ3n) is 2.90. The Labute approximate surface area is 99.8 Å². The number of piperazine rings is 1. The molecule has 1 fully saturated rings. The molecule has 0 bridgehead atoms. The van der Waals surface area contributed by atoms with Crippen molar-refractivity contribution in [3.05, 3.63) is 34.2 Å². The average Bonchev–Trinajstić information content (AvgIpc) is 2.27. The van der Waals surface area contributed by atoms with Gasteiger partial charge in [0, 0.05) is 43.6 Å². The van der Waals surface area contributed by atoms with E-state index in [0.29, 0.717) is 13.1 Å². The summed E-state index contributed by atoms with van der Waals surface area (Å²) in [7, 11) is 0. The van der Waals surface area contributed by atoms with Crippen LogP contribution in [0.4, 0.5) is 0 Å². The largest absolute Gasteiger partial charge is 0.367 e. The molecule has 1 aliphatic heterocycles. The second-order valence-electron chi connectivity index (χ2n) is 4.60. The van der Waals surface area contributed by atoms with E-state index in [4.69, 9.17) is 0 Å². The number of aromatic nitrogens is 1. The van der Waals surface area contributed by atoms with Crippen LogP contribution >= 0.6 is 0 Å². The average molecular weight is 235 g/mol. The van der Waals surface area contributed by atoms with Gasteiger partial charge in [-0.25, -0.2) is 0 Å². The summed E-state index contributed by atoms with van der Waals surface area (Å²) in [6.07, 6.45) is 3.00. The third-order valence-corrected chi connectivity index (χ3v) is 2.90. The zero-order valence-electron chi connectivity index (χ0n) is 10.1. The molecule has 1 saturated heterocycles. The predicted octanol–water partition coefficient (Wildman–Crippen LogP) is 0.197. The number of carbonyl (C=O) groups is 1. The Morgan fingerprint density at radius 1 is 1.35 bits per heavy atom. The van der Waals surface area contributed by atoms with Gasteiger partial charge in [-0.15, -0.1) is 0 Å². The molecule has 1 aromatic heterocycles. The monoisotopic (exact) mass is 235 g/mol. The summed E-state index contributed by atoms with van der Waals surface area (Å²) in [4.78, 5) is 28.3. The zero-order chi connectivity index (χ0) is 12.4. The number of rotatable bonds is 1. The Bertz CT molecular complexity index is 459. The highest BCUT2D eigenvalue weighted by Gasteiger charge is 2.26. The van der Waals surface area contributed by atoms with Gasteiger partial charge in [0.05, 0.1) is 0 Å². The molecule has 1 amide bonds. The minimum Gasteiger partial charge on any atom is -0.367 e. The van der Waals surface area contributed by atoms with Crippen LogP contribution in [0.15, 0.2) is 23.3 Å². The minimum atomic E-state index is -0.229. The summed E-state index contributed by atoms with van der Waals surface area (Å²) in [6.45, 7) is 5.34. The van der Waals surface area contributed by atoms with Crippen molar-refractivity contribution in [2.45, 2.75) is 25.9 Å². The highest BCUT2D eigenvalue weighted by molar-refractivity contribution is 5.93. The van der Waals surface area contributed by atoms with Crippen molar-refractivity contribution < 1.29 is 4.79 Å². The Kier molecular flexibility index (Phi) is 3.28.